The first kappa shape index (κ1) is 27.7. The minimum absolute atomic E-state index is 0. The van der Waals surface area contributed by atoms with Crippen molar-refractivity contribution >= 4 is 48.9 Å². The largest absolute Gasteiger partial charge is 0.378 e. The van der Waals surface area contributed by atoms with Gasteiger partial charge in [-0.2, -0.15) is 0 Å². The van der Waals surface area contributed by atoms with Crippen molar-refractivity contribution in [2.75, 3.05) is 43.5 Å². The van der Waals surface area contributed by atoms with Crippen molar-refractivity contribution < 1.29 is 0 Å². The zero-order valence-corrected chi connectivity index (χ0v) is 20.7. The Bertz CT molecular complexity index is 1040. The summed E-state index contributed by atoms with van der Waals surface area (Å²) in [6, 6.07) is 14.1. The molecule has 3 aromatic rings. The van der Waals surface area contributed by atoms with Gasteiger partial charge in [-0.1, -0.05) is 12.1 Å². The van der Waals surface area contributed by atoms with Gasteiger partial charge >= 0.3 is 0 Å². The van der Waals surface area contributed by atoms with E-state index >= 15 is 0 Å². The summed E-state index contributed by atoms with van der Waals surface area (Å²) in [6.07, 6.45) is 3.43. The Hall–Kier alpha value is -2.32. The van der Waals surface area contributed by atoms with Crippen LogP contribution in [0.1, 0.15) is 11.6 Å². The van der Waals surface area contributed by atoms with Crippen LogP contribution in [-0.2, 0) is 7.05 Å². The van der Waals surface area contributed by atoms with Gasteiger partial charge < -0.3 is 15.1 Å². The first-order valence-electron chi connectivity index (χ1n) is 9.77. The lowest BCUT2D eigenvalue weighted by Crippen LogP contribution is -2.47. The lowest BCUT2D eigenvalue weighted by Gasteiger charge is -2.35. The molecular weight excluding hydrogens is 471 g/mol. The van der Waals surface area contributed by atoms with Crippen LogP contribution in [0.5, 0.6) is 0 Å². The molecule has 0 saturated carbocycles. The van der Waals surface area contributed by atoms with Crippen molar-refractivity contribution in [2.45, 2.75) is 6.04 Å². The predicted molar refractivity (Wildman–Crippen MR) is 138 cm³/mol. The van der Waals surface area contributed by atoms with Gasteiger partial charge in [-0.15, -0.1) is 37.2 Å². The topological polar surface area (TPSA) is 66.3 Å². The second-order valence-electron chi connectivity index (χ2n) is 7.51. The van der Waals surface area contributed by atoms with Gasteiger partial charge in [-0.25, -0.2) is 4.98 Å². The summed E-state index contributed by atoms with van der Waals surface area (Å²) in [7, 11) is 5.86. The highest BCUT2D eigenvalue weighted by Crippen LogP contribution is 2.24. The van der Waals surface area contributed by atoms with E-state index < -0.39 is 0 Å². The van der Waals surface area contributed by atoms with Gasteiger partial charge in [-0.3, -0.25) is 14.3 Å². The van der Waals surface area contributed by atoms with E-state index in [0.717, 1.165) is 25.2 Å². The average molecular weight is 500 g/mol. The van der Waals surface area contributed by atoms with E-state index in [-0.39, 0.29) is 48.8 Å². The molecule has 1 aromatic carbocycles. The van der Waals surface area contributed by atoms with Crippen LogP contribution in [-0.4, -0.2) is 48.3 Å². The smallest absolute Gasteiger partial charge is 0.255 e. The zero-order valence-electron chi connectivity index (χ0n) is 18.3. The molecule has 174 valence electrons. The first-order chi connectivity index (χ1) is 14.0. The summed E-state index contributed by atoms with van der Waals surface area (Å²) in [5.74, 6) is 0.695. The molecule has 1 aliphatic rings. The van der Waals surface area contributed by atoms with Crippen LogP contribution in [0.15, 0.2) is 59.7 Å². The molecule has 1 saturated heterocycles. The van der Waals surface area contributed by atoms with Crippen LogP contribution in [0.2, 0.25) is 0 Å². The van der Waals surface area contributed by atoms with Crippen LogP contribution in [0.25, 0.3) is 11.3 Å². The Labute approximate surface area is 207 Å². The Morgan fingerprint density at radius 3 is 2.31 bits per heavy atom. The maximum absolute atomic E-state index is 12.6. The molecule has 1 N–H and O–H groups in total. The van der Waals surface area contributed by atoms with Crippen molar-refractivity contribution in [2.24, 2.45) is 7.05 Å². The lowest BCUT2D eigenvalue weighted by molar-refractivity contribution is 0.462. The number of piperazine rings is 1. The number of pyridine rings is 1. The second kappa shape index (κ2) is 12.1. The number of nitrogens with zero attached hydrogens (tertiary/aromatic N) is 5. The average Bonchev–Trinajstić information content (AvgIpc) is 2.76. The summed E-state index contributed by atoms with van der Waals surface area (Å²) in [6.45, 7) is 2.38. The van der Waals surface area contributed by atoms with Crippen molar-refractivity contribution in [3.05, 3.63) is 70.8 Å². The molecule has 32 heavy (non-hydrogen) atoms. The van der Waals surface area contributed by atoms with Gasteiger partial charge in [0.1, 0.15) is 0 Å². The molecule has 0 aliphatic carbocycles. The van der Waals surface area contributed by atoms with Gasteiger partial charge in [0.2, 0.25) is 5.95 Å². The second-order valence-corrected chi connectivity index (χ2v) is 7.51. The van der Waals surface area contributed by atoms with E-state index in [1.165, 1.54) is 11.3 Å². The molecule has 0 bridgehead atoms. The highest BCUT2D eigenvalue weighted by molar-refractivity contribution is 5.86. The van der Waals surface area contributed by atoms with E-state index in [9.17, 15) is 4.79 Å². The van der Waals surface area contributed by atoms with Crippen LogP contribution in [0.3, 0.4) is 0 Å². The summed E-state index contributed by atoms with van der Waals surface area (Å²) < 4.78 is 1.63. The van der Waals surface area contributed by atoms with Crippen molar-refractivity contribution in [1.82, 2.24) is 19.9 Å². The maximum Gasteiger partial charge on any atom is 0.255 e. The van der Waals surface area contributed by atoms with Crippen molar-refractivity contribution in [3.8, 4) is 11.3 Å². The summed E-state index contributed by atoms with van der Waals surface area (Å²) >= 11 is 0. The van der Waals surface area contributed by atoms with Gasteiger partial charge in [0.15, 0.2) is 0 Å². The molecule has 7 nitrogen and oxygen atoms in total. The quantitative estimate of drug-likeness (QED) is 0.594. The number of halogens is 3. The molecule has 0 unspecified atom stereocenters. The number of nitrogens with one attached hydrogen (secondary N) is 1. The fraction of sp³-hybridized carbons (Fsp3) is 0.318. The SMILES string of the molecule is CN(C)c1ccc([C@H]2CN(c3nc(-c4ccncc4)cc(=O)n3C)CCN2)cc1.Cl.Cl.Cl. The fourth-order valence-electron chi connectivity index (χ4n) is 3.64. The Morgan fingerprint density at radius 1 is 1.03 bits per heavy atom. The Morgan fingerprint density at radius 2 is 1.69 bits per heavy atom. The molecule has 0 amide bonds. The molecule has 0 spiro atoms. The molecule has 2 aromatic heterocycles. The number of hydrogen-bond donors (Lipinski definition) is 1. The Kier molecular flexibility index (Phi) is 10.4. The van der Waals surface area contributed by atoms with Crippen LogP contribution >= 0.6 is 37.2 Å². The third kappa shape index (κ3) is 5.92. The fourth-order valence-corrected chi connectivity index (χ4v) is 3.64. The minimum atomic E-state index is -0.0627. The molecule has 1 aliphatic heterocycles. The van der Waals surface area contributed by atoms with E-state index in [1.54, 1.807) is 30.1 Å². The summed E-state index contributed by atoms with van der Waals surface area (Å²) in [4.78, 5) is 25.7. The molecule has 3 heterocycles. The van der Waals surface area contributed by atoms with Crippen LogP contribution in [0, 0.1) is 0 Å². The number of hydrogen-bond acceptors (Lipinski definition) is 6. The van der Waals surface area contributed by atoms with Crippen molar-refractivity contribution in [3.63, 3.8) is 0 Å². The monoisotopic (exact) mass is 498 g/mol. The zero-order chi connectivity index (χ0) is 20.4. The van der Waals surface area contributed by atoms with Crippen molar-refractivity contribution in [1.29, 1.82) is 0 Å². The maximum atomic E-state index is 12.6. The van der Waals surface area contributed by atoms with E-state index in [0.29, 0.717) is 11.6 Å². The van der Waals surface area contributed by atoms with E-state index in [2.05, 4.69) is 44.4 Å². The minimum Gasteiger partial charge on any atom is -0.378 e. The first-order valence-corrected chi connectivity index (χ1v) is 9.77. The normalized spacial score (nSPS) is 15.1. The standard InChI is InChI=1S/C22H26N6O.3ClH/c1-26(2)18-6-4-16(5-7-18)20-15-28(13-12-24-20)22-25-19(14-21(29)27(22)3)17-8-10-23-11-9-17;;;/h4-11,14,20,24H,12-13,15H2,1-3H3;3*1H/t20-;;;/m1.../s1. The number of benzene rings is 1. The third-order valence-corrected chi connectivity index (χ3v) is 5.36. The predicted octanol–water partition coefficient (Wildman–Crippen LogP) is 3.32. The molecule has 10 heteroatoms. The summed E-state index contributed by atoms with van der Waals surface area (Å²) in [5.41, 5.74) is 3.92. The van der Waals surface area contributed by atoms with Gasteiger partial charge in [-0.05, 0) is 29.8 Å². The van der Waals surface area contributed by atoms with Gasteiger partial charge in [0.05, 0.1) is 5.69 Å². The number of rotatable bonds is 4. The summed E-state index contributed by atoms with van der Waals surface area (Å²) in [5, 5.41) is 3.59. The molecule has 0 radical (unpaired) electrons. The lowest BCUT2D eigenvalue weighted by atomic mass is 10.0. The van der Waals surface area contributed by atoms with Gasteiger partial charge in [0, 0.05) is 76.5 Å². The van der Waals surface area contributed by atoms with Crippen LogP contribution < -0.4 is 20.7 Å². The number of aromatic nitrogens is 3. The highest BCUT2D eigenvalue weighted by Gasteiger charge is 2.24. The number of anilines is 2. The van der Waals surface area contributed by atoms with E-state index in [1.807, 2.05) is 26.2 Å². The molecule has 4 rings (SSSR count). The molecule has 1 atom stereocenters. The molecular formula is C22H29Cl3N6O. The Balaban J connectivity index is 0.00000171. The highest BCUT2D eigenvalue weighted by atomic mass is 35.5. The van der Waals surface area contributed by atoms with Gasteiger partial charge in [0.25, 0.3) is 5.56 Å². The van der Waals surface area contributed by atoms with Crippen LogP contribution in [0.4, 0.5) is 11.6 Å². The van der Waals surface area contributed by atoms with E-state index in [4.69, 9.17) is 4.98 Å². The third-order valence-electron chi connectivity index (χ3n) is 5.36. The molecule has 1 fully saturated rings.